The molecule has 2 nitrogen and oxygen atoms in total. The summed E-state index contributed by atoms with van der Waals surface area (Å²) in [5.41, 5.74) is 6.63. The van der Waals surface area contributed by atoms with Crippen molar-refractivity contribution in [2.45, 2.75) is 18.9 Å². The van der Waals surface area contributed by atoms with E-state index in [0.29, 0.717) is 12.8 Å². The Balaban J connectivity index is 2.62. The third-order valence-electron chi connectivity index (χ3n) is 1.87. The molecule has 0 aliphatic heterocycles. The SMILES string of the molecule is N#CCCC(N)c1ccc(F)cc1. The van der Waals surface area contributed by atoms with E-state index in [2.05, 4.69) is 0 Å². The van der Waals surface area contributed by atoms with Gasteiger partial charge in [0.15, 0.2) is 0 Å². The Morgan fingerprint density at radius 3 is 2.54 bits per heavy atom. The lowest BCUT2D eigenvalue weighted by molar-refractivity contribution is 0.621. The zero-order valence-corrected chi connectivity index (χ0v) is 7.20. The van der Waals surface area contributed by atoms with Gasteiger partial charge in [0.2, 0.25) is 0 Å². The van der Waals surface area contributed by atoms with Crippen LogP contribution in [0.1, 0.15) is 24.4 Å². The van der Waals surface area contributed by atoms with Gasteiger partial charge >= 0.3 is 0 Å². The molecule has 13 heavy (non-hydrogen) atoms. The highest BCUT2D eigenvalue weighted by atomic mass is 19.1. The van der Waals surface area contributed by atoms with Crippen molar-refractivity contribution in [3.63, 3.8) is 0 Å². The number of halogens is 1. The molecule has 0 amide bonds. The van der Waals surface area contributed by atoms with Crippen LogP contribution in [0.4, 0.5) is 4.39 Å². The van der Waals surface area contributed by atoms with Crippen LogP contribution in [0.15, 0.2) is 24.3 Å². The molecule has 0 spiro atoms. The Bertz CT molecular complexity index is 300. The van der Waals surface area contributed by atoms with E-state index < -0.39 is 0 Å². The predicted octanol–water partition coefficient (Wildman–Crippen LogP) is 2.13. The number of benzene rings is 1. The summed E-state index contributed by atoms with van der Waals surface area (Å²) in [7, 11) is 0. The lowest BCUT2D eigenvalue weighted by atomic mass is 10.0. The minimum Gasteiger partial charge on any atom is -0.324 e. The first-order valence-electron chi connectivity index (χ1n) is 4.12. The molecule has 1 rings (SSSR count). The third kappa shape index (κ3) is 2.85. The first-order chi connectivity index (χ1) is 6.24. The molecule has 0 aromatic heterocycles. The van der Waals surface area contributed by atoms with Crippen molar-refractivity contribution in [2.24, 2.45) is 5.73 Å². The molecule has 0 saturated heterocycles. The number of hydrogen-bond donors (Lipinski definition) is 1. The van der Waals surface area contributed by atoms with E-state index in [1.807, 2.05) is 6.07 Å². The van der Waals surface area contributed by atoms with E-state index in [9.17, 15) is 4.39 Å². The van der Waals surface area contributed by atoms with Crippen LogP contribution in [-0.4, -0.2) is 0 Å². The Kier molecular flexibility index (Phi) is 3.41. The van der Waals surface area contributed by atoms with E-state index in [4.69, 9.17) is 11.0 Å². The molecule has 0 fully saturated rings. The number of nitrogens with two attached hydrogens (primary N) is 1. The van der Waals surface area contributed by atoms with Crippen molar-refractivity contribution in [1.29, 1.82) is 5.26 Å². The van der Waals surface area contributed by atoms with Gasteiger partial charge in [-0.15, -0.1) is 0 Å². The van der Waals surface area contributed by atoms with Gasteiger partial charge in [0.25, 0.3) is 0 Å². The standard InChI is InChI=1S/C10H11FN2/c11-9-5-3-8(4-6-9)10(13)2-1-7-12/h3-6,10H,1-2,13H2. The maximum absolute atomic E-state index is 12.5. The van der Waals surface area contributed by atoms with Crippen molar-refractivity contribution >= 4 is 0 Å². The van der Waals surface area contributed by atoms with Crippen LogP contribution < -0.4 is 5.73 Å². The summed E-state index contributed by atoms with van der Waals surface area (Å²) in [6.45, 7) is 0. The van der Waals surface area contributed by atoms with E-state index in [-0.39, 0.29) is 11.9 Å². The second-order valence-corrected chi connectivity index (χ2v) is 2.85. The minimum atomic E-state index is -0.267. The molecule has 0 aliphatic rings. The molecular formula is C10H11FN2. The molecule has 0 bridgehead atoms. The molecule has 0 aliphatic carbocycles. The highest BCUT2D eigenvalue weighted by molar-refractivity contribution is 5.19. The maximum Gasteiger partial charge on any atom is 0.123 e. The number of nitrogens with zero attached hydrogens (tertiary/aromatic N) is 1. The Morgan fingerprint density at radius 2 is 2.00 bits per heavy atom. The summed E-state index contributed by atoms with van der Waals surface area (Å²) in [4.78, 5) is 0. The van der Waals surface area contributed by atoms with Gasteiger partial charge in [0.1, 0.15) is 5.82 Å². The van der Waals surface area contributed by atoms with Crippen LogP contribution in [0.2, 0.25) is 0 Å². The average molecular weight is 178 g/mol. The smallest absolute Gasteiger partial charge is 0.123 e. The third-order valence-corrected chi connectivity index (χ3v) is 1.87. The summed E-state index contributed by atoms with van der Waals surface area (Å²) in [6.07, 6.45) is 1.04. The van der Waals surface area contributed by atoms with Crippen LogP contribution in [0, 0.1) is 17.1 Å². The largest absolute Gasteiger partial charge is 0.324 e. The van der Waals surface area contributed by atoms with Crippen molar-refractivity contribution in [3.8, 4) is 6.07 Å². The molecule has 1 aromatic rings. The van der Waals surface area contributed by atoms with E-state index >= 15 is 0 Å². The molecule has 3 heteroatoms. The van der Waals surface area contributed by atoms with Gasteiger partial charge in [-0.1, -0.05) is 12.1 Å². The summed E-state index contributed by atoms with van der Waals surface area (Å²) in [5.74, 6) is -0.267. The van der Waals surface area contributed by atoms with Gasteiger partial charge in [-0.2, -0.15) is 5.26 Å². The van der Waals surface area contributed by atoms with Gasteiger partial charge in [-0.25, -0.2) is 4.39 Å². The summed E-state index contributed by atoms with van der Waals surface area (Å²) >= 11 is 0. The molecule has 1 atom stereocenters. The molecular weight excluding hydrogens is 167 g/mol. The minimum absolute atomic E-state index is 0.166. The summed E-state index contributed by atoms with van der Waals surface area (Å²) < 4.78 is 12.5. The molecule has 0 saturated carbocycles. The monoisotopic (exact) mass is 178 g/mol. The quantitative estimate of drug-likeness (QED) is 0.770. The number of nitriles is 1. The topological polar surface area (TPSA) is 49.8 Å². The lowest BCUT2D eigenvalue weighted by Crippen LogP contribution is -2.09. The zero-order valence-electron chi connectivity index (χ0n) is 7.20. The fraction of sp³-hybridized carbons (Fsp3) is 0.300. The Labute approximate surface area is 76.8 Å². The van der Waals surface area contributed by atoms with Crippen LogP contribution in [0.3, 0.4) is 0 Å². The summed E-state index contributed by atoms with van der Waals surface area (Å²) in [6, 6.07) is 7.91. The molecule has 1 unspecified atom stereocenters. The van der Waals surface area contributed by atoms with Gasteiger partial charge < -0.3 is 5.73 Å². The lowest BCUT2D eigenvalue weighted by Gasteiger charge is -2.08. The first-order valence-corrected chi connectivity index (χ1v) is 4.12. The maximum atomic E-state index is 12.5. The molecule has 68 valence electrons. The van der Waals surface area contributed by atoms with Gasteiger partial charge in [-0.05, 0) is 24.1 Å². The average Bonchev–Trinajstić information content (AvgIpc) is 2.15. The van der Waals surface area contributed by atoms with E-state index in [0.717, 1.165) is 5.56 Å². The van der Waals surface area contributed by atoms with Crippen molar-refractivity contribution in [2.75, 3.05) is 0 Å². The predicted molar refractivity (Wildman–Crippen MR) is 48.2 cm³/mol. The van der Waals surface area contributed by atoms with Gasteiger partial charge in [0, 0.05) is 12.5 Å². The molecule has 0 radical (unpaired) electrons. The normalized spacial score (nSPS) is 12.1. The highest BCUT2D eigenvalue weighted by Gasteiger charge is 2.04. The summed E-state index contributed by atoms with van der Waals surface area (Å²) in [5, 5.41) is 8.34. The van der Waals surface area contributed by atoms with Crippen molar-refractivity contribution < 1.29 is 4.39 Å². The molecule has 1 aromatic carbocycles. The molecule has 0 heterocycles. The van der Waals surface area contributed by atoms with E-state index in [1.165, 1.54) is 12.1 Å². The molecule has 2 N–H and O–H groups in total. The fourth-order valence-electron chi connectivity index (χ4n) is 1.10. The number of hydrogen-bond acceptors (Lipinski definition) is 2. The van der Waals surface area contributed by atoms with Crippen molar-refractivity contribution in [1.82, 2.24) is 0 Å². The second-order valence-electron chi connectivity index (χ2n) is 2.85. The second kappa shape index (κ2) is 4.58. The fourth-order valence-corrected chi connectivity index (χ4v) is 1.10. The van der Waals surface area contributed by atoms with Gasteiger partial charge in [-0.3, -0.25) is 0 Å². The van der Waals surface area contributed by atoms with Crippen LogP contribution in [-0.2, 0) is 0 Å². The van der Waals surface area contributed by atoms with Crippen LogP contribution in [0.5, 0.6) is 0 Å². The highest BCUT2D eigenvalue weighted by Crippen LogP contribution is 2.15. The van der Waals surface area contributed by atoms with Gasteiger partial charge in [0.05, 0.1) is 6.07 Å². The number of rotatable bonds is 3. The van der Waals surface area contributed by atoms with Crippen LogP contribution >= 0.6 is 0 Å². The zero-order chi connectivity index (χ0) is 9.68. The van der Waals surface area contributed by atoms with Crippen molar-refractivity contribution in [3.05, 3.63) is 35.6 Å². The first kappa shape index (κ1) is 9.69. The Hall–Kier alpha value is -1.40. The van der Waals surface area contributed by atoms with Crippen LogP contribution in [0.25, 0.3) is 0 Å². The van der Waals surface area contributed by atoms with E-state index in [1.54, 1.807) is 12.1 Å². The Morgan fingerprint density at radius 1 is 1.38 bits per heavy atom.